The van der Waals surface area contributed by atoms with E-state index in [-0.39, 0.29) is 12.6 Å². The maximum atomic E-state index is 9.84. The van der Waals surface area contributed by atoms with Crippen molar-refractivity contribution in [3.8, 4) is 11.3 Å². The lowest BCUT2D eigenvalue weighted by atomic mass is 10.1. The zero-order valence-corrected chi connectivity index (χ0v) is 13.6. The van der Waals surface area contributed by atoms with E-state index >= 15 is 0 Å². The molecule has 5 heteroatoms. The summed E-state index contributed by atoms with van der Waals surface area (Å²) in [5.41, 5.74) is 3.67. The van der Waals surface area contributed by atoms with Gasteiger partial charge in [-0.3, -0.25) is 0 Å². The number of anilines is 1. The maximum absolute atomic E-state index is 9.84. The summed E-state index contributed by atoms with van der Waals surface area (Å²) >= 11 is 0. The first-order valence-electron chi connectivity index (χ1n) is 8.18. The van der Waals surface area contributed by atoms with Crippen LogP contribution in [0.4, 0.5) is 5.82 Å². The maximum Gasteiger partial charge on any atom is 0.157 e. The van der Waals surface area contributed by atoms with Crippen molar-refractivity contribution in [2.75, 3.05) is 11.9 Å². The summed E-state index contributed by atoms with van der Waals surface area (Å²) in [6.07, 6.45) is 1.72. The lowest BCUT2D eigenvalue weighted by Crippen LogP contribution is -2.17. The molecule has 1 atom stereocenters. The standard InChI is InChI=1S/C20H18N4O/c25-14-18(16-9-5-2-6-10-16)23-20-13-17(15-7-3-1-4-8-15)22-19-11-12-21-24(19)20/h1-13,18,23,25H,14H2. The summed E-state index contributed by atoms with van der Waals surface area (Å²) in [6.45, 7) is -0.0181. The van der Waals surface area contributed by atoms with E-state index in [1.165, 1.54) is 0 Å². The molecule has 1 unspecified atom stereocenters. The van der Waals surface area contributed by atoms with Gasteiger partial charge in [-0.05, 0) is 5.56 Å². The van der Waals surface area contributed by atoms with E-state index in [1.54, 1.807) is 10.7 Å². The van der Waals surface area contributed by atoms with Crippen LogP contribution in [0.5, 0.6) is 0 Å². The van der Waals surface area contributed by atoms with Gasteiger partial charge in [0, 0.05) is 17.7 Å². The van der Waals surface area contributed by atoms with Crippen molar-refractivity contribution in [1.82, 2.24) is 14.6 Å². The van der Waals surface area contributed by atoms with E-state index in [1.807, 2.05) is 72.8 Å². The van der Waals surface area contributed by atoms with Crippen LogP contribution in [0.15, 0.2) is 79.0 Å². The third-order valence-electron chi connectivity index (χ3n) is 4.14. The quantitative estimate of drug-likeness (QED) is 0.587. The van der Waals surface area contributed by atoms with Crippen LogP contribution in [-0.2, 0) is 0 Å². The molecule has 2 aromatic carbocycles. The van der Waals surface area contributed by atoms with Gasteiger partial charge in [-0.1, -0.05) is 60.7 Å². The lowest BCUT2D eigenvalue weighted by Gasteiger charge is -2.19. The number of rotatable bonds is 5. The fourth-order valence-corrected chi connectivity index (χ4v) is 2.87. The van der Waals surface area contributed by atoms with Crippen molar-refractivity contribution < 1.29 is 5.11 Å². The van der Waals surface area contributed by atoms with Crippen LogP contribution in [0, 0.1) is 0 Å². The highest BCUT2D eigenvalue weighted by Crippen LogP contribution is 2.25. The SMILES string of the molecule is OCC(Nc1cc(-c2ccccc2)nc2ccnn12)c1ccccc1. The number of aromatic nitrogens is 3. The molecular formula is C20H18N4O. The number of hydrogen-bond acceptors (Lipinski definition) is 4. The molecule has 4 aromatic rings. The fraction of sp³-hybridized carbons (Fsp3) is 0.100. The highest BCUT2D eigenvalue weighted by molar-refractivity contribution is 5.66. The van der Waals surface area contributed by atoms with Crippen LogP contribution in [0.3, 0.4) is 0 Å². The van der Waals surface area contributed by atoms with Crippen LogP contribution < -0.4 is 5.32 Å². The van der Waals surface area contributed by atoms with Crippen molar-refractivity contribution in [3.63, 3.8) is 0 Å². The first kappa shape index (κ1) is 15.4. The largest absolute Gasteiger partial charge is 0.394 e. The second-order valence-corrected chi connectivity index (χ2v) is 5.78. The number of aliphatic hydroxyl groups excluding tert-OH is 1. The van der Waals surface area contributed by atoms with E-state index < -0.39 is 0 Å². The summed E-state index contributed by atoms with van der Waals surface area (Å²) in [7, 11) is 0. The van der Waals surface area contributed by atoms with Gasteiger partial charge in [0.25, 0.3) is 0 Å². The first-order valence-corrected chi connectivity index (χ1v) is 8.18. The van der Waals surface area contributed by atoms with Crippen LogP contribution in [-0.4, -0.2) is 26.3 Å². The summed E-state index contributed by atoms with van der Waals surface area (Å²) in [6, 6.07) is 23.5. The number of benzene rings is 2. The van der Waals surface area contributed by atoms with Gasteiger partial charge < -0.3 is 10.4 Å². The van der Waals surface area contributed by atoms with E-state index in [9.17, 15) is 5.11 Å². The highest BCUT2D eigenvalue weighted by Gasteiger charge is 2.14. The van der Waals surface area contributed by atoms with Gasteiger partial charge in [0.1, 0.15) is 5.82 Å². The Morgan fingerprint density at radius 1 is 0.960 bits per heavy atom. The summed E-state index contributed by atoms with van der Waals surface area (Å²) in [5, 5.41) is 17.6. The van der Waals surface area contributed by atoms with Gasteiger partial charge in [0.2, 0.25) is 0 Å². The van der Waals surface area contributed by atoms with Crippen LogP contribution >= 0.6 is 0 Å². The van der Waals surface area contributed by atoms with Gasteiger partial charge in [-0.25, -0.2) is 4.98 Å². The minimum atomic E-state index is -0.223. The molecule has 0 fully saturated rings. The monoisotopic (exact) mass is 330 g/mol. The number of hydrogen-bond donors (Lipinski definition) is 2. The molecule has 0 spiro atoms. The average molecular weight is 330 g/mol. The third-order valence-corrected chi connectivity index (χ3v) is 4.14. The number of nitrogens with one attached hydrogen (secondary N) is 1. The number of aliphatic hydroxyl groups is 1. The molecule has 4 rings (SSSR count). The molecule has 0 bridgehead atoms. The normalized spacial score (nSPS) is 12.2. The molecular weight excluding hydrogens is 312 g/mol. The zero-order chi connectivity index (χ0) is 17.1. The predicted molar refractivity (Wildman–Crippen MR) is 98.3 cm³/mol. The zero-order valence-electron chi connectivity index (χ0n) is 13.6. The number of fused-ring (bicyclic) bond motifs is 1. The van der Waals surface area contributed by atoms with Crippen molar-refractivity contribution >= 4 is 11.5 Å². The Kier molecular flexibility index (Phi) is 4.14. The third kappa shape index (κ3) is 3.09. The molecule has 0 aliphatic carbocycles. The van der Waals surface area contributed by atoms with E-state index in [2.05, 4.69) is 15.4 Å². The van der Waals surface area contributed by atoms with Crippen molar-refractivity contribution in [2.45, 2.75) is 6.04 Å². The predicted octanol–water partition coefficient (Wildman–Crippen LogP) is 3.54. The Bertz CT molecular complexity index is 967. The molecule has 124 valence electrons. The molecule has 5 nitrogen and oxygen atoms in total. The second-order valence-electron chi connectivity index (χ2n) is 5.78. The molecule has 0 amide bonds. The number of nitrogens with zero attached hydrogens (tertiary/aromatic N) is 3. The second kappa shape index (κ2) is 6.75. The molecule has 0 aliphatic rings. The Morgan fingerprint density at radius 2 is 1.68 bits per heavy atom. The van der Waals surface area contributed by atoms with Crippen molar-refractivity contribution in [3.05, 3.63) is 84.6 Å². The minimum Gasteiger partial charge on any atom is -0.394 e. The van der Waals surface area contributed by atoms with E-state index in [0.29, 0.717) is 0 Å². The van der Waals surface area contributed by atoms with E-state index in [4.69, 9.17) is 0 Å². The summed E-state index contributed by atoms with van der Waals surface area (Å²) < 4.78 is 1.75. The van der Waals surface area contributed by atoms with Gasteiger partial charge in [-0.2, -0.15) is 9.61 Å². The average Bonchev–Trinajstić information content (AvgIpc) is 3.16. The summed E-state index contributed by atoms with van der Waals surface area (Å²) in [5.74, 6) is 0.789. The van der Waals surface area contributed by atoms with Crippen molar-refractivity contribution in [2.24, 2.45) is 0 Å². The molecule has 25 heavy (non-hydrogen) atoms. The van der Waals surface area contributed by atoms with Gasteiger partial charge in [0.05, 0.1) is 24.5 Å². The smallest absolute Gasteiger partial charge is 0.157 e. The first-order chi connectivity index (χ1) is 12.3. The molecule has 2 N–H and O–H groups in total. The Labute approximate surface area is 145 Å². The van der Waals surface area contributed by atoms with Gasteiger partial charge in [-0.15, -0.1) is 0 Å². The lowest BCUT2D eigenvalue weighted by molar-refractivity contribution is 0.276. The van der Waals surface area contributed by atoms with E-state index in [0.717, 1.165) is 28.3 Å². The molecule has 0 radical (unpaired) electrons. The molecule has 2 aromatic heterocycles. The van der Waals surface area contributed by atoms with Crippen molar-refractivity contribution in [1.29, 1.82) is 0 Å². The molecule has 2 heterocycles. The van der Waals surface area contributed by atoms with Crippen LogP contribution in [0.2, 0.25) is 0 Å². The topological polar surface area (TPSA) is 62.5 Å². The summed E-state index contributed by atoms with van der Waals surface area (Å²) in [4.78, 5) is 4.67. The fourth-order valence-electron chi connectivity index (χ4n) is 2.87. The Balaban J connectivity index is 1.77. The Hall–Kier alpha value is -3.18. The molecule has 0 saturated heterocycles. The van der Waals surface area contributed by atoms with Gasteiger partial charge >= 0.3 is 0 Å². The highest BCUT2D eigenvalue weighted by atomic mass is 16.3. The molecule has 0 saturated carbocycles. The van der Waals surface area contributed by atoms with Crippen LogP contribution in [0.1, 0.15) is 11.6 Å². The minimum absolute atomic E-state index is 0.0181. The van der Waals surface area contributed by atoms with Gasteiger partial charge in [0.15, 0.2) is 5.65 Å². The molecule has 0 aliphatic heterocycles. The Morgan fingerprint density at radius 3 is 2.40 bits per heavy atom. The van der Waals surface area contributed by atoms with Crippen LogP contribution in [0.25, 0.3) is 16.9 Å².